The van der Waals surface area contributed by atoms with Gasteiger partial charge < -0.3 is 4.57 Å². The van der Waals surface area contributed by atoms with E-state index in [2.05, 4.69) is 77.3 Å². The zero-order chi connectivity index (χ0) is 20.9. The normalized spacial score (nSPS) is 14.2. The molecule has 2 rings (SSSR count). The van der Waals surface area contributed by atoms with Crippen molar-refractivity contribution in [2.45, 2.75) is 111 Å². The first-order chi connectivity index (χ1) is 13.3. The highest BCUT2D eigenvalue weighted by Crippen LogP contribution is 2.39. The summed E-state index contributed by atoms with van der Waals surface area (Å²) in [5.41, 5.74) is 5.00. The Labute approximate surface area is 172 Å². The molecule has 0 bridgehead atoms. The van der Waals surface area contributed by atoms with E-state index in [9.17, 15) is 5.26 Å². The van der Waals surface area contributed by atoms with Crippen molar-refractivity contribution in [2.75, 3.05) is 0 Å². The molecule has 1 aromatic heterocycles. The van der Waals surface area contributed by atoms with Gasteiger partial charge >= 0.3 is 0 Å². The monoisotopic (exact) mass is 380 g/mol. The lowest BCUT2D eigenvalue weighted by Crippen LogP contribution is -2.31. The number of unbranched alkanes of at least 4 members (excludes halogenated alkanes) is 2. The maximum atomic E-state index is 9.94. The van der Waals surface area contributed by atoms with E-state index in [0.29, 0.717) is 0 Å². The zero-order valence-electron chi connectivity index (χ0n) is 19.3. The molecule has 154 valence electrons. The average Bonchev–Trinajstić information content (AvgIpc) is 3.05. The molecule has 0 saturated heterocycles. The zero-order valence-corrected chi connectivity index (χ0v) is 19.3. The van der Waals surface area contributed by atoms with Gasteiger partial charge in [-0.05, 0) is 61.8 Å². The molecule has 0 saturated carbocycles. The Kier molecular flexibility index (Phi) is 7.38. The second-order valence-electron chi connectivity index (χ2n) is 9.49. The number of hydrogen-bond acceptors (Lipinski definition) is 1. The Morgan fingerprint density at radius 1 is 0.929 bits per heavy atom. The standard InChI is InChI=1S/C26H40N2/c1-8-11-16-25(5,6)23-13-14-24-22(20(23)4)18-21(19-27)28(24)26(7,15-10-3)17-12-9-2/h13-14,18H,8-12,15-17H2,1-7H3. The van der Waals surface area contributed by atoms with Crippen molar-refractivity contribution in [2.24, 2.45) is 0 Å². The number of benzene rings is 1. The Balaban J connectivity index is 2.67. The third-order valence-electron chi connectivity index (χ3n) is 6.65. The smallest absolute Gasteiger partial charge is 0.121 e. The predicted octanol–water partition coefficient (Wildman–Crippen LogP) is 7.99. The van der Waals surface area contributed by atoms with E-state index in [0.717, 1.165) is 25.0 Å². The molecule has 1 unspecified atom stereocenters. The molecule has 0 amide bonds. The largest absolute Gasteiger partial charge is 0.326 e. The van der Waals surface area contributed by atoms with Crippen LogP contribution < -0.4 is 0 Å². The second kappa shape index (κ2) is 9.17. The van der Waals surface area contributed by atoms with Crippen molar-refractivity contribution in [3.05, 3.63) is 35.0 Å². The number of hydrogen-bond donors (Lipinski definition) is 0. The lowest BCUT2D eigenvalue weighted by atomic mass is 9.77. The van der Waals surface area contributed by atoms with Crippen LogP contribution >= 0.6 is 0 Å². The first-order valence-electron chi connectivity index (χ1n) is 11.3. The lowest BCUT2D eigenvalue weighted by molar-refractivity contribution is 0.267. The fraction of sp³-hybridized carbons (Fsp3) is 0.654. The van der Waals surface area contributed by atoms with Gasteiger partial charge in [-0.1, -0.05) is 72.8 Å². The Hall–Kier alpha value is -1.75. The quantitative estimate of drug-likeness (QED) is 0.410. The van der Waals surface area contributed by atoms with E-state index in [1.807, 2.05) is 0 Å². The maximum Gasteiger partial charge on any atom is 0.121 e. The van der Waals surface area contributed by atoms with Crippen molar-refractivity contribution in [3.8, 4) is 6.07 Å². The van der Waals surface area contributed by atoms with Crippen LogP contribution in [0.5, 0.6) is 0 Å². The number of aromatic nitrogens is 1. The molecule has 28 heavy (non-hydrogen) atoms. The fourth-order valence-electron chi connectivity index (χ4n) is 5.02. The summed E-state index contributed by atoms with van der Waals surface area (Å²) in [6.07, 6.45) is 9.43. The second-order valence-corrected chi connectivity index (χ2v) is 9.49. The first-order valence-corrected chi connectivity index (χ1v) is 11.3. The Morgan fingerprint density at radius 3 is 2.14 bits per heavy atom. The van der Waals surface area contributed by atoms with Gasteiger partial charge in [0.25, 0.3) is 0 Å². The van der Waals surface area contributed by atoms with Crippen molar-refractivity contribution < 1.29 is 0 Å². The van der Waals surface area contributed by atoms with E-state index in [4.69, 9.17) is 0 Å². The van der Waals surface area contributed by atoms with Crippen LogP contribution in [0.4, 0.5) is 0 Å². The fourth-order valence-corrected chi connectivity index (χ4v) is 5.02. The summed E-state index contributed by atoms with van der Waals surface area (Å²) in [5.74, 6) is 0. The summed E-state index contributed by atoms with van der Waals surface area (Å²) in [5, 5.41) is 11.2. The van der Waals surface area contributed by atoms with Crippen LogP contribution in [0.2, 0.25) is 0 Å². The molecule has 0 aliphatic rings. The van der Waals surface area contributed by atoms with Gasteiger partial charge in [0.2, 0.25) is 0 Å². The highest BCUT2D eigenvalue weighted by molar-refractivity contribution is 5.87. The van der Waals surface area contributed by atoms with E-state index in [1.54, 1.807) is 0 Å². The van der Waals surface area contributed by atoms with E-state index in [1.165, 1.54) is 54.1 Å². The maximum absolute atomic E-state index is 9.94. The third kappa shape index (κ3) is 4.29. The molecule has 2 aromatic rings. The molecule has 0 N–H and O–H groups in total. The highest BCUT2D eigenvalue weighted by Gasteiger charge is 2.30. The minimum Gasteiger partial charge on any atom is -0.326 e. The molecule has 0 aliphatic carbocycles. The molecule has 1 aromatic carbocycles. The van der Waals surface area contributed by atoms with Gasteiger partial charge in [0.15, 0.2) is 0 Å². The van der Waals surface area contributed by atoms with Gasteiger partial charge in [-0.3, -0.25) is 0 Å². The molecule has 0 spiro atoms. The molecule has 0 fully saturated rings. The number of fused-ring (bicyclic) bond motifs is 1. The SMILES string of the molecule is CCCCC(C)(C)c1ccc2c(cc(C#N)n2C(C)(CCC)CCCC)c1C. The van der Waals surface area contributed by atoms with Crippen molar-refractivity contribution >= 4 is 10.9 Å². The summed E-state index contributed by atoms with van der Waals surface area (Å²) in [4.78, 5) is 0. The van der Waals surface area contributed by atoms with E-state index >= 15 is 0 Å². The van der Waals surface area contributed by atoms with Gasteiger partial charge in [0, 0.05) is 16.4 Å². The molecule has 2 nitrogen and oxygen atoms in total. The average molecular weight is 381 g/mol. The predicted molar refractivity (Wildman–Crippen MR) is 122 cm³/mol. The van der Waals surface area contributed by atoms with Crippen molar-refractivity contribution in [3.63, 3.8) is 0 Å². The van der Waals surface area contributed by atoms with Crippen LogP contribution in [0.1, 0.15) is 110 Å². The van der Waals surface area contributed by atoms with Crippen LogP contribution in [0.25, 0.3) is 10.9 Å². The van der Waals surface area contributed by atoms with Gasteiger partial charge in [0.05, 0.1) is 0 Å². The molecule has 0 radical (unpaired) electrons. The number of aryl methyl sites for hydroxylation is 1. The van der Waals surface area contributed by atoms with Crippen LogP contribution in [0.15, 0.2) is 18.2 Å². The van der Waals surface area contributed by atoms with Crippen LogP contribution in [0, 0.1) is 18.3 Å². The molecular formula is C26H40N2. The van der Waals surface area contributed by atoms with Crippen molar-refractivity contribution in [1.82, 2.24) is 4.57 Å². The summed E-state index contributed by atoms with van der Waals surface area (Å²) < 4.78 is 2.36. The topological polar surface area (TPSA) is 28.7 Å². The Morgan fingerprint density at radius 2 is 1.57 bits per heavy atom. The summed E-state index contributed by atoms with van der Waals surface area (Å²) in [6, 6.07) is 9.27. The number of nitrogens with zero attached hydrogens (tertiary/aromatic N) is 2. The van der Waals surface area contributed by atoms with Crippen LogP contribution in [-0.4, -0.2) is 4.57 Å². The van der Waals surface area contributed by atoms with Gasteiger partial charge in [-0.25, -0.2) is 0 Å². The molecule has 0 aliphatic heterocycles. The molecular weight excluding hydrogens is 340 g/mol. The van der Waals surface area contributed by atoms with Crippen molar-refractivity contribution in [1.29, 1.82) is 5.26 Å². The summed E-state index contributed by atoms with van der Waals surface area (Å²) in [7, 11) is 0. The van der Waals surface area contributed by atoms with Gasteiger partial charge in [0.1, 0.15) is 11.8 Å². The highest BCUT2D eigenvalue weighted by atomic mass is 15.1. The molecule has 2 heteroatoms. The molecule has 1 atom stereocenters. The minimum atomic E-state index is 0.00323. The summed E-state index contributed by atoms with van der Waals surface area (Å²) >= 11 is 0. The molecule has 1 heterocycles. The van der Waals surface area contributed by atoms with Crippen LogP contribution in [0.3, 0.4) is 0 Å². The number of nitriles is 1. The van der Waals surface area contributed by atoms with Gasteiger partial charge in [-0.2, -0.15) is 5.26 Å². The first kappa shape index (κ1) is 22.5. The third-order valence-corrected chi connectivity index (χ3v) is 6.65. The Bertz CT molecular complexity index is 834. The number of rotatable bonds is 10. The van der Waals surface area contributed by atoms with E-state index < -0.39 is 0 Å². The van der Waals surface area contributed by atoms with Gasteiger partial charge in [-0.15, -0.1) is 0 Å². The summed E-state index contributed by atoms with van der Waals surface area (Å²) in [6.45, 7) is 16.1. The lowest BCUT2D eigenvalue weighted by Gasteiger charge is -2.34. The van der Waals surface area contributed by atoms with E-state index in [-0.39, 0.29) is 11.0 Å². The van der Waals surface area contributed by atoms with Crippen LogP contribution in [-0.2, 0) is 11.0 Å². The minimum absolute atomic E-state index is 0.00323.